The van der Waals surface area contributed by atoms with Gasteiger partial charge in [-0.15, -0.1) is 0 Å². The Hall–Kier alpha value is -1.69. The van der Waals surface area contributed by atoms with Crippen LogP contribution in [0.1, 0.15) is 45.1 Å². The lowest BCUT2D eigenvalue weighted by atomic mass is 9.94. The largest absolute Gasteiger partial charge is 0.371 e. The van der Waals surface area contributed by atoms with E-state index in [0.29, 0.717) is 23.8 Å². The van der Waals surface area contributed by atoms with Crippen LogP contribution in [0.15, 0.2) is 24.3 Å². The van der Waals surface area contributed by atoms with E-state index in [4.69, 9.17) is 5.73 Å². The summed E-state index contributed by atoms with van der Waals surface area (Å²) in [6.45, 7) is 5.95. The van der Waals surface area contributed by atoms with Gasteiger partial charge in [0.1, 0.15) is 0 Å². The number of rotatable bonds is 7. The Morgan fingerprint density at radius 3 is 2.67 bits per heavy atom. The molecule has 4 nitrogen and oxygen atoms in total. The van der Waals surface area contributed by atoms with E-state index in [1.54, 1.807) is 12.1 Å². The maximum atomic E-state index is 13.0. The van der Waals surface area contributed by atoms with Gasteiger partial charge in [0.15, 0.2) is 0 Å². The fraction of sp³-hybridized carbons (Fsp3) is 0.667. The van der Waals surface area contributed by atoms with Crippen molar-refractivity contribution in [3.63, 3.8) is 0 Å². The average Bonchev–Trinajstić information content (AvgIpc) is 3.19. The second kappa shape index (κ2) is 8.13. The van der Waals surface area contributed by atoms with Crippen molar-refractivity contribution in [2.75, 3.05) is 25.0 Å². The molecule has 6 heteroatoms. The molecule has 150 valence electrons. The topological polar surface area (TPSA) is 49.6 Å². The van der Waals surface area contributed by atoms with Gasteiger partial charge >= 0.3 is 0 Å². The van der Waals surface area contributed by atoms with Gasteiger partial charge in [-0.3, -0.25) is 9.69 Å². The maximum absolute atomic E-state index is 13.0. The summed E-state index contributed by atoms with van der Waals surface area (Å²) in [5, 5.41) is 0. The Kier molecular flexibility index (Phi) is 6.04. The number of carbonyl (C=O) groups is 1. The number of hydrogen-bond donors (Lipinski definition) is 1. The van der Waals surface area contributed by atoms with Gasteiger partial charge in [-0.05, 0) is 56.2 Å². The average molecular weight is 379 g/mol. The van der Waals surface area contributed by atoms with Gasteiger partial charge in [0, 0.05) is 30.4 Å². The number of amides is 1. The number of halogens is 2. The quantitative estimate of drug-likeness (QED) is 0.786. The highest BCUT2D eigenvalue weighted by Gasteiger charge is 2.46. The number of hydrogen-bond acceptors (Lipinski definition) is 3. The molecule has 1 aliphatic heterocycles. The van der Waals surface area contributed by atoms with E-state index < -0.39 is 6.43 Å². The minimum Gasteiger partial charge on any atom is -0.371 e. The Morgan fingerprint density at radius 2 is 2.04 bits per heavy atom. The third-order valence-electron chi connectivity index (χ3n) is 6.34. The first kappa shape index (κ1) is 20.1. The third kappa shape index (κ3) is 4.26. The van der Waals surface area contributed by atoms with Crippen LogP contribution < -0.4 is 10.6 Å². The molecule has 1 aromatic carbocycles. The van der Waals surface area contributed by atoms with Crippen LogP contribution in [0.25, 0.3) is 0 Å². The molecule has 2 aliphatic rings. The lowest BCUT2D eigenvalue weighted by Gasteiger charge is -2.35. The van der Waals surface area contributed by atoms with E-state index in [2.05, 4.69) is 23.6 Å². The summed E-state index contributed by atoms with van der Waals surface area (Å²) >= 11 is 0. The number of nitrogens with zero attached hydrogens (tertiary/aromatic N) is 2. The number of fused-ring (bicyclic) bond motifs is 1. The molecule has 0 aromatic heterocycles. The lowest BCUT2D eigenvalue weighted by molar-refractivity contribution is -0.124. The molecule has 1 saturated heterocycles. The highest BCUT2D eigenvalue weighted by Crippen LogP contribution is 2.43. The summed E-state index contributed by atoms with van der Waals surface area (Å²) in [6, 6.07) is 6.77. The standard InChI is InChI=1S/C21H31F2N3O/c1-13(2)9-19(21(24)27)25(3)18-8-7-15-11-26(12-17(15)18)16-6-4-5-14(10-16)20(22)23/h4-6,10,13,15,17-20H,7-9,11-12H2,1-3H3,(H2,24,27)/t15-,17+,18+,19+/m1/s1. The van der Waals surface area contributed by atoms with E-state index in [1.807, 2.05) is 13.1 Å². The molecule has 2 fully saturated rings. The number of nitrogens with two attached hydrogens (primary N) is 1. The third-order valence-corrected chi connectivity index (χ3v) is 6.34. The van der Waals surface area contributed by atoms with Gasteiger partial charge < -0.3 is 10.6 Å². The van der Waals surface area contributed by atoms with Crippen molar-refractivity contribution in [3.05, 3.63) is 29.8 Å². The molecule has 0 unspecified atom stereocenters. The molecule has 1 heterocycles. The van der Waals surface area contributed by atoms with Crippen molar-refractivity contribution in [1.82, 2.24) is 4.90 Å². The van der Waals surface area contributed by atoms with Gasteiger partial charge in [-0.25, -0.2) is 8.78 Å². The van der Waals surface area contributed by atoms with Crippen LogP contribution in [0.4, 0.5) is 14.5 Å². The van der Waals surface area contributed by atoms with Gasteiger partial charge in [0.05, 0.1) is 6.04 Å². The predicted molar refractivity (Wildman–Crippen MR) is 104 cm³/mol. The van der Waals surface area contributed by atoms with Crippen LogP contribution in [-0.2, 0) is 4.79 Å². The molecule has 1 amide bonds. The Labute approximate surface area is 160 Å². The first-order valence-electron chi connectivity index (χ1n) is 9.92. The summed E-state index contributed by atoms with van der Waals surface area (Å²) < 4.78 is 26.1. The van der Waals surface area contributed by atoms with E-state index in [0.717, 1.165) is 38.0 Å². The molecular weight excluding hydrogens is 348 g/mol. The van der Waals surface area contributed by atoms with Gasteiger partial charge in [0.2, 0.25) is 5.91 Å². The Bertz CT molecular complexity index is 667. The minimum absolute atomic E-state index is 0.0731. The van der Waals surface area contributed by atoms with E-state index in [9.17, 15) is 13.6 Å². The van der Waals surface area contributed by atoms with Crippen LogP contribution in [0.5, 0.6) is 0 Å². The maximum Gasteiger partial charge on any atom is 0.263 e. The minimum atomic E-state index is -2.45. The molecule has 1 aromatic rings. The van der Waals surface area contributed by atoms with E-state index in [1.165, 1.54) is 6.07 Å². The number of anilines is 1. The summed E-state index contributed by atoms with van der Waals surface area (Å²) in [4.78, 5) is 16.4. The SMILES string of the molecule is CC(C)C[C@@H](C(N)=O)N(C)[C@H]1CC[C@@H]2CN(c3cccc(C(F)F)c3)C[C@@H]21. The number of carbonyl (C=O) groups excluding carboxylic acids is 1. The van der Waals surface area contributed by atoms with Crippen molar-refractivity contribution < 1.29 is 13.6 Å². The first-order valence-corrected chi connectivity index (χ1v) is 9.92. The second-order valence-corrected chi connectivity index (χ2v) is 8.58. The summed E-state index contributed by atoms with van der Waals surface area (Å²) in [7, 11) is 2.02. The first-order chi connectivity index (χ1) is 12.8. The van der Waals surface area contributed by atoms with Gasteiger partial charge in [-0.2, -0.15) is 0 Å². The lowest BCUT2D eigenvalue weighted by Crippen LogP contribution is -2.50. The summed E-state index contributed by atoms with van der Waals surface area (Å²) in [6.07, 6.45) is 0.495. The van der Waals surface area contributed by atoms with Crippen LogP contribution in [0, 0.1) is 17.8 Å². The molecule has 4 atom stereocenters. The number of primary amides is 1. The molecule has 0 spiro atoms. The molecule has 3 rings (SSSR count). The summed E-state index contributed by atoms with van der Waals surface area (Å²) in [5.41, 5.74) is 6.64. The van der Waals surface area contributed by atoms with Gasteiger partial charge in [-0.1, -0.05) is 26.0 Å². The van der Waals surface area contributed by atoms with Crippen molar-refractivity contribution >= 4 is 11.6 Å². The van der Waals surface area contributed by atoms with E-state index in [-0.39, 0.29) is 17.5 Å². The molecule has 1 aliphatic carbocycles. The zero-order valence-electron chi connectivity index (χ0n) is 16.4. The van der Waals surface area contributed by atoms with Crippen LogP contribution in [0.2, 0.25) is 0 Å². The normalized spacial score (nSPS) is 26.2. The highest BCUT2D eigenvalue weighted by molar-refractivity contribution is 5.79. The van der Waals surface area contributed by atoms with Crippen LogP contribution >= 0.6 is 0 Å². The number of likely N-dealkylation sites (N-methyl/N-ethyl adjacent to an activating group) is 1. The zero-order valence-corrected chi connectivity index (χ0v) is 16.4. The Morgan fingerprint density at radius 1 is 1.30 bits per heavy atom. The molecule has 27 heavy (non-hydrogen) atoms. The van der Waals surface area contributed by atoms with E-state index >= 15 is 0 Å². The van der Waals surface area contributed by atoms with Crippen molar-refractivity contribution in [1.29, 1.82) is 0 Å². The Balaban J connectivity index is 1.72. The predicted octanol–water partition coefficient (Wildman–Crippen LogP) is 3.67. The fourth-order valence-corrected chi connectivity index (χ4v) is 4.97. The van der Waals surface area contributed by atoms with Crippen LogP contribution in [-0.4, -0.2) is 43.0 Å². The van der Waals surface area contributed by atoms with Crippen LogP contribution in [0.3, 0.4) is 0 Å². The number of alkyl halides is 2. The highest BCUT2D eigenvalue weighted by atomic mass is 19.3. The number of benzene rings is 1. The van der Waals surface area contributed by atoms with Crippen molar-refractivity contribution in [3.8, 4) is 0 Å². The zero-order chi connectivity index (χ0) is 19.7. The molecule has 0 radical (unpaired) electrons. The monoisotopic (exact) mass is 379 g/mol. The molecular formula is C21H31F2N3O. The van der Waals surface area contributed by atoms with Gasteiger partial charge in [0.25, 0.3) is 6.43 Å². The van der Waals surface area contributed by atoms with Crippen molar-refractivity contribution in [2.24, 2.45) is 23.5 Å². The molecule has 2 N–H and O–H groups in total. The molecule has 0 bridgehead atoms. The fourth-order valence-electron chi connectivity index (χ4n) is 4.97. The van der Waals surface area contributed by atoms with Crippen molar-refractivity contribution in [2.45, 2.75) is 51.6 Å². The smallest absolute Gasteiger partial charge is 0.263 e. The molecule has 1 saturated carbocycles. The summed E-state index contributed by atoms with van der Waals surface area (Å²) in [5.74, 6) is 1.13. The second-order valence-electron chi connectivity index (χ2n) is 8.58.